The van der Waals surface area contributed by atoms with Crippen molar-refractivity contribution in [1.82, 2.24) is 19.5 Å². The quantitative estimate of drug-likeness (QED) is 0.580. The van der Waals surface area contributed by atoms with Crippen LogP contribution in [0.25, 0.3) is 16.2 Å². The number of anilines is 1. The molecule has 3 heterocycles. The Kier molecular flexibility index (Phi) is 5.73. The second-order valence-corrected chi connectivity index (χ2v) is 8.59. The molecule has 3 aromatic rings. The molecule has 0 unspecified atom stereocenters. The van der Waals surface area contributed by atoms with E-state index in [2.05, 4.69) is 52.3 Å². The van der Waals surface area contributed by atoms with Crippen LogP contribution in [0.3, 0.4) is 0 Å². The van der Waals surface area contributed by atoms with Crippen molar-refractivity contribution in [3.8, 4) is 10.6 Å². The number of thiophene rings is 1. The largest absolute Gasteiger partial charge is 0.298 e. The van der Waals surface area contributed by atoms with Gasteiger partial charge in [0.2, 0.25) is 11.9 Å². The Bertz CT molecular complexity index is 953. The van der Waals surface area contributed by atoms with Gasteiger partial charge in [-0.15, -0.1) is 16.4 Å². The second-order valence-electron chi connectivity index (χ2n) is 7.42. The van der Waals surface area contributed by atoms with Crippen LogP contribution in [0.5, 0.6) is 0 Å². The molecule has 0 bridgehead atoms. The summed E-state index contributed by atoms with van der Waals surface area (Å²) in [6.45, 7) is 7.71. The molecule has 1 amide bonds. The maximum atomic E-state index is 12.0. The van der Waals surface area contributed by atoms with Crippen LogP contribution >= 0.6 is 11.3 Å². The van der Waals surface area contributed by atoms with Crippen LogP contribution in [0.4, 0.5) is 5.95 Å². The minimum atomic E-state index is 0.0304. The standard InChI is InChI=1S/C21H27N5OS/c1-3-12-25(13-4-2)14-16-10-11-18(28-16)17-6-5-7-19-22-21(24-26(17)19)23-20(27)15-8-9-15/h5-7,10-11,15H,3-4,8-9,12-14H2,1-2H3,(H,23,24,27). The van der Waals surface area contributed by atoms with Gasteiger partial charge in [-0.1, -0.05) is 19.9 Å². The number of nitrogens with one attached hydrogen (secondary N) is 1. The van der Waals surface area contributed by atoms with Crippen molar-refractivity contribution >= 4 is 28.8 Å². The summed E-state index contributed by atoms with van der Waals surface area (Å²) >= 11 is 1.80. The van der Waals surface area contributed by atoms with Crippen molar-refractivity contribution in [2.45, 2.75) is 46.1 Å². The smallest absolute Gasteiger partial charge is 0.249 e. The third-order valence-electron chi connectivity index (χ3n) is 4.92. The Hall–Kier alpha value is -2.25. The van der Waals surface area contributed by atoms with Gasteiger partial charge in [-0.2, -0.15) is 4.98 Å². The van der Waals surface area contributed by atoms with Crippen LogP contribution in [0, 0.1) is 5.92 Å². The first-order valence-electron chi connectivity index (χ1n) is 10.2. The zero-order valence-electron chi connectivity index (χ0n) is 16.5. The average Bonchev–Trinajstić information content (AvgIpc) is 3.30. The molecule has 4 rings (SSSR count). The van der Waals surface area contributed by atoms with Gasteiger partial charge in [0.05, 0.1) is 10.6 Å². The molecule has 0 saturated heterocycles. The van der Waals surface area contributed by atoms with Crippen LogP contribution in [0.15, 0.2) is 30.3 Å². The van der Waals surface area contributed by atoms with Gasteiger partial charge >= 0.3 is 0 Å². The van der Waals surface area contributed by atoms with Crippen LogP contribution < -0.4 is 5.32 Å². The van der Waals surface area contributed by atoms with Gasteiger partial charge in [-0.05, 0) is 63.0 Å². The number of nitrogens with zero attached hydrogens (tertiary/aromatic N) is 4. The van der Waals surface area contributed by atoms with E-state index in [0.717, 1.165) is 43.8 Å². The predicted octanol–water partition coefficient (Wildman–Crippen LogP) is 4.43. The Labute approximate surface area is 169 Å². The minimum absolute atomic E-state index is 0.0304. The van der Waals surface area contributed by atoms with E-state index in [4.69, 9.17) is 0 Å². The van der Waals surface area contributed by atoms with Gasteiger partial charge < -0.3 is 0 Å². The summed E-state index contributed by atoms with van der Waals surface area (Å²) in [5.74, 6) is 0.557. The maximum absolute atomic E-state index is 12.0. The molecule has 1 aliphatic rings. The fourth-order valence-corrected chi connectivity index (χ4v) is 4.49. The van der Waals surface area contributed by atoms with Gasteiger partial charge in [0.1, 0.15) is 0 Å². The van der Waals surface area contributed by atoms with E-state index >= 15 is 0 Å². The van der Waals surface area contributed by atoms with Crippen LogP contribution in [-0.4, -0.2) is 38.5 Å². The molecule has 6 nitrogen and oxygen atoms in total. The lowest BCUT2D eigenvalue weighted by molar-refractivity contribution is -0.117. The van der Waals surface area contributed by atoms with E-state index in [1.807, 2.05) is 16.6 Å². The molecule has 0 atom stereocenters. The Morgan fingerprint density at radius 1 is 1.21 bits per heavy atom. The monoisotopic (exact) mass is 397 g/mol. The Morgan fingerprint density at radius 2 is 2.00 bits per heavy atom. The third-order valence-corrected chi connectivity index (χ3v) is 6.01. The van der Waals surface area contributed by atoms with E-state index < -0.39 is 0 Å². The molecule has 0 aromatic carbocycles. The molecule has 0 radical (unpaired) electrons. The highest BCUT2D eigenvalue weighted by Gasteiger charge is 2.30. The van der Waals surface area contributed by atoms with Crippen LogP contribution in [0.1, 0.15) is 44.4 Å². The molecule has 1 fully saturated rings. The predicted molar refractivity (Wildman–Crippen MR) is 114 cm³/mol. The first-order valence-corrected chi connectivity index (χ1v) is 11.0. The lowest BCUT2D eigenvalue weighted by atomic mass is 10.3. The minimum Gasteiger partial charge on any atom is -0.298 e. The van der Waals surface area contributed by atoms with Crippen LogP contribution in [-0.2, 0) is 11.3 Å². The van der Waals surface area contributed by atoms with E-state index in [9.17, 15) is 4.79 Å². The maximum Gasteiger partial charge on any atom is 0.249 e. The normalized spacial score (nSPS) is 14.1. The number of hydrogen-bond donors (Lipinski definition) is 1. The van der Waals surface area contributed by atoms with Gasteiger partial charge in [0, 0.05) is 17.3 Å². The molecule has 1 aliphatic carbocycles. The molecule has 1 saturated carbocycles. The highest BCUT2D eigenvalue weighted by molar-refractivity contribution is 7.15. The van der Waals surface area contributed by atoms with Crippen molar-refractivity contribution in [2.75, 3.05) is 18.4 Å². The van der Waals surface area contributed by atoms with Crippen molar-refractivity contribution in [1.29, 1.82) is 0 Å². The summed E-state index contributed by atoms with van der Waals surface area (Å²) in [7, 11) is 0. The molecule has 0 aliphatic heterocycles. The lowest BCUT2D eigenvalue weighted by Crippen LogP contribution is -2.24. The molecular weight excluding hydrogens is 370 g/mol. The van der Waals surface area contributed by atoms with E-state index in [0.29, 0.717) is 5.95 Å². The van der Waals surface area contributed by atoms with Crippen molar-refractivity contribution in [2.24, 2.45) is 5.92 Å². The second kappa shape index (κ2) is 8.41. The molecule has 148 valence electrons. The van der Waals surface area contributed by atoms with Crippen molar-refractivity contribution in [3.05, 3.63) is 35.2 Å². The van der Waals surface area contributed by atoms with Crippen molar-refractivity contribution < 1.29 is 4.79 Å². The first kappa shape index (κ1) is 19.1. The first-order chi connectivity index (χ1) is 13.7. The van der Waals surface area contributed by atoms with Gasteiger partial charge in [-0.25, -0.2) is 4.52 Å². The zero-order valence-corrected chi connectivity index (χ0v) is 17.3. The van der Waals surface area contributed by atoms with E-state index in [1.165, 1.54) is 22.6 Å². The summed E-state index contributed by atoms with van der Waals surface area (Å²) in [5, 5.41) is 7.38. The fraction of sp³-hybridized carbons (Fsp3) is 0.476. The fourth-order valence-electron chi connectivity index (χ4n) is 3.43. The number of aromatic nitrogens is 3. The molecule has 0 spiro atoms. The highest BCUT2D eigenvalue weighted by atomic mass is 32.1. The number of amides is 1. The van der Waals surface area contributed by atoms with E-state index in [-0.39, 0.29) is 11.8 Å². The zero-order chi connectivity index (χ0) is 19.5. The van der Waals surface area contributed by atoms with Gasteiger partial charge in [0.25, 0.3) is 0 Å². The molecular formula is C21H27N5OS. The highest BCUT2D eigenvalue weighted by Crippen LogP contribution is 2.31. The summed E-state index contributed by atoms with van der Waals surface area (Å²) in [5.41, 5.74) is 1.75. The number of hydrogen-bond acceptors (Lipinski definition) is 5. The number of carbonyl (C=O) groups excluding carboxylic acids is 1. The molecule has 7 heteroatoms. The molecule has 3 aromatic heterocycles. The topological polar surface area (TPSA) is 62.5 Å². The van der Waals surface area contributed by atoms with Crippen molar-refractivity contribution in [3.63, 3.8) is 0 Å². The van der Waals surface area contributed by atoms with E-state index in [1.54, 1.807) is 11.3 Å². The molecule has 28 heavy (non-hydrogen) atoms. The Morgan fingerprint density at radius 3 is 2.71 bits per heavy atom. The number of rotatable bonds is 9. The summed E-state index contributed by atoms with van der Waals surface area (Å²) < 4.78 is 1.83. The summed E-state index contributed by atoms with van der Waals surface area (Å²) in [6, 6.07) is 10.3. The molecule has 1 N–H and O–H groups in total. The lowest BCUT2D eigenvalue weighted by Gasteiger charge is -2.19. The summed E-state index contributed by atoms with van der Waals surface area (Å²) in [4.78, 5) is 21.5. The number of fused-ring (bicyclic) bond motifs is 1. The van der Waals surface area contributed by atoms with Crippen LogP contribution in [0.2, 0.25) is 0 Å². The van der Waals surface area contributed by atoms with Gasteiger partial charge in [-0.3, -0.25) is 15.0 Å². The SMILES string of the molecule is CCCN(CCC)Cc1ccc(-c2cccc3nc(NC(=O)C4CC4)nn23)s1. The average molecular weight is 398 g/mol. The van der Waals surface area contributed by atoms with Gasteiger partial charge in [0.15, 0.2) is 5.65 Å². The number of pyridine rings is 1. The third kappa shape index (κ3) is 4.25. The Balaban J connectivity index is 1.56. The summed E-state index contributed by atoms with van der Waals surface area (Å²) in [6.07, 6.45) is 4.28. The number of carbonyl (C=O) groups is 1.